The Morgan fingerprint density at radius 3 is 1.93 bits per heavy atom. The first kappa shape index (κ1) is 95.1. The van der Waals surface area contributed by atoms with E-state index < -0.39 is 88.7 Å². The maximum Gasteiger partial charge on any atom is 0.246 e. The second-order valence-electron chi connectivity index (χ2n) is 37.0. The number of ether oxygens (including phenoxy) is 6. The van der Waals surface area contributed by atoms with Gasteiger partial charge in [0.05, 0.1) is 87.6 Å². The number of anilines is 3. The van der Waals surface area contributed by atoms with Crippen LogP contribution < -0.4 is 31.9 Å². The lowest BCUT2D eigenvalue weighted by Gasteiger charge is -2.56. The summed E-state index contributed by atoms with van der Waals surface area (Å²) >= 11 is 0. The monoisotopic (exact) mass is 1730 g/mol. The third-order valence-corrected chi connectivity index (χ3v) is 27.9. The van der Waals surface area contributed by atoms with Gasteiger partial charge in [0.25, 0.3) is 0 Å². The number of benzene rings is 4. The number of carbonyl (C=O) groups is 9. The number of amides is 6. The van der Waals surface area contributed by atoms with Crippen molar-refractivity contribution in [2.24, 2.45) is 40.4 Å². The number of Topliss-reactive ketones (excluding diaryl/α,β-unsaturated/α-hetero) is 3. The molecule has 3 heterocycles. The lowest BCUT2D eigenvalue weighted by atomic mass is 9.49. The van der Waals surface area contributed by atoms with Gasteiger partial charge < -0.3 is 75.4 Å². The van der Waals surface area contributed by atoms with E-state index in [4.69, 9.17) is 34.2 Å². The zero-order chi connectivity index (χ0) is 89.2. The van der Waals surface area contributed by atoms with Crippen LogP contribution in [0.1, 0.15) is 246 Å². The fraction of sp³-hybridized carbons (Fsp3) is 0.619. The molecule has 10 N–H and O–H groups in total. The number of nitrogens with two attached hydrogens (primary N) is 1. The predicted molar refractivity (Wildman–Crippen MR) is 468 cm³/mol. The molecular formula is C97H131N9O19. The third kappa shape index (κ3) is 23.3. The van der Waals surface area contributed by atoms with Gasteiger partial charge in [-0.3, -0.25) is 48.5 Å². The number of rotatable bonds is 41. The molecule has 678 valence electrons. The number of hydrogen-bond donors (Lipinski definition) is 9. The van der Waals surface area contributed by atoms with Crippen molar-refractivity contribution >= 4 is 69.9 Å². The van der Waals surface area contributed by atoms with Gasteiger partial charge in [-0.25, -0.2) is 4.68 Å². The number of imide groups is 1. The largest absolute Gasteiger partial charge is 0.399 e. The summed E-state index contributed by atoms with van der Waals surface area (Å²) in [6, 6.07) is 26.4. The smallest absolute Gasteiger partial charge is 0.246 e. The number of nitrogens with one attached hydrogen (secondary N) is 4. The molecule has 1 aromatic heterocycles. The summed E-state index contributed by atoms with van der Waals surface area (Å²) in [7, 11) is 0. The molecular weight excluding hydrogens is 1600 g/mol. The van der Waals surface area contributed by atoms with E-state index >= 15 is 0 Å². The Morgan fingerprint density at radius 1 is 0.608 bits per heavy atom. The minimum atomic E-state index is -1.72. The summed E-state index contributed by atoms with van der Waals surface area (Å²) in [5.74, 6) is 1.85. The van der Waals surface area contributed by atoms with E-state index in [0.717, 1.165) is 104 Å². The second-order valence-corrected chi connectivity index (χ2v) is 37.0. The minimum absolute atomic E-state index is 0.00264. The Hall–Kier alpha value is -8.99. The molecule has 3 fully saturated rings. The lowest BCUT2D eigenvalue weighted by molar-refractivity contribution is -0.284. The molecule has 5 aliphatic carbocycles. The molecule has 5 aromatic rings. The Kier molecular flexibility index (Phi) is 33.2. The normalized spacial score (nSPS) is 25.6. The predicted octanol–water partition coefficient (Wildman–Crippen LogP) is 9.97. The van der Waals surface area contributed by atoms with Crippen LogP contribution in [-0.4, -0.2) is 191 Å². The number of para-hydroxylation sites is 1. The van der Waals surface area contributed by atoms with Gasteiger partial charge in [-0.1, -0.05) is 140 Å². The van der Waals surface area contributed by atoms with Gasteiger partial charge in [0, 0.05) is 86.0 Å². The summed E-state index contributed by atoms with van der Waals surface area (Å²) in [5.41, 5.74) is 14.5. The zero-order valence-corrected chi connectivity index (χ0v) is 74.0. The Labute approximate surface area is 734 Å². The van der Waals surface area contributed by atoms with Gasteiger partial charge in [0.15, 0.2) is 12.1 Å². The number of fused-ring (bicyclic) bond motifs is 9. The van der Waals surface area contributed by atoms with Gasteiger partial charge in [-0.15, -0.1) is 5.10 Å². The SMILES string of the molecule is CC(C)[C@H](NC(=O)[C@@H](CCCCNC(=O)COC1CCCCCc2c1nnn2CC1OC(O)C(O)C(O)C1O)CC(=O)CCOCCOCCOCCOCCCC(=O)CCC(=O)N1Cc2ccccc2C#Cc2ccccc21)C(=O)C[C@@H](C)C(=O)Nc1ccc2c(c1)[C@@]1(C)CCC[C@](C)(C(=O)NC(=O)[C@@]3(C)CCC[C@]4(C)c5cc(N)ccc5CC[C@@H]34)[C@@H]1CC2. The van der Waals surface area contributed by atoms with E-state index in [0.29, 0.717) is 101 Å². The average molecular weight is 1730 g/mol. The highest BCUT2D eigenvalue weighted by Crippen LogP contribution is 2.60. The molecule has 28 heteroatoms. The number of aliphatic hydroxyl groups excluding tert-OH is 4. The fourth-order valence-corrected chi connectivity index (χ4v) is 20.7. The molecule has 6 amide bonds. The number of nitrogen functional groups attached to an aromatic ring is 1. The van der Waals surface area contributed by atoms with E-state index in [2.05, 4.69) is 76.3 Å². The van der Waals surface area contributed by atoms with E-state index in [1.807, 2.05) is 93.6 Å². The van der Waals surface area contributed by atoms with E-state index in [-0.39, 0.29) is 149 Å². The Morgan fingerprint density at radius 2 is 1.24 bits per heavy atom. The van der Waals surface area contributed by atoms with Gasteiger partial charge in [0.1, 0.15) is 54.4 Å². The van der Waals surface area contributed by atoms with Crippen molar-refractivity contribution in [2.75, 3.05) is 82.0 Å². The highest BCUT2D eigenvalue weighted by Gasteiger charge is 2.59. The van der Waals surface area contributed by atoms with Crippen LogP contribution in [0.5, 0.6) is 0 Å². The maximum atomic E-state index is 15.0. The van der Waals surface area contributed by atoms with Crippen molar-refractivity contribution in [1.82, 2.24) is 30.9 Å². The number of carbonyl (C=O) groups excluding carboxylic acids is 9. The van der Waals surface area contributed by atoms with Crippen LogP contribution in [0.15, 0.2) is 84.9 Å². The average Bonchev–Trinajstić information content (AvgIpc) is 0.953. The van der Waals surface area contributed by atoms with Crippen molar-refractivity contribution in [3.05, 3.63) is 135 Å². The molecule has 0 bridgehead atoms. The molecule has 4 aromatic carbocycles. The van der Waals surface area contributed by atoms with Crippen LogP contribution in [0.3, 0.4) is 0 Å². The molecule has 0 radical (unpaired) electrons. The number of aliphatic hydroxyl groups is 4. The summed E-state index contributed by atoms with van der Waals surface area (Å²) in [5, 5.41) is 61.9. The van der Waals surface area contributed by atoms with E-state index in [1.165, 1.54) is 15.8 Å². The molecule has 2 aliphatic heterocycles. The number of aryl methyl sites for hydroxylation is 2. The van der Waals surface area contributed by atoms with Gasteiger partial charge in [-0.05, 0) is 189 Å². The van der Waals surface area contributed by atoms with Crippen LogP contribution in [0.2, 0.25) is 0 Å². The zero-order valence-electron chi connectivity index (χ0n) is 74.0. The molecule has 6 unspecified atom stereocenters. The topological polar surface area (TPSA) is 398 Å². The number of unbranched alkanes of at least 4 members (excludes halogenated alkanes) is 1. The number of ketones is 3. The number of nitrogens with zero attached hydrogens (tertiary/aromatic N) is 4. The second kappa shape index (κ2) is 43.7. The number of aromatic nitrogens is 3. The maximum absolute atomic E-state index is 15.0. The fourth-order valence-electron chi connectivity index (χ4n) is 20.7. The molecule has 0 spiro atoms. The summed E-state index contributed by atoms with van der Waals surface area (Å²) in [6.45, 7) is 16.2. The Bertz CT molecular complexity index is 4690. The first-order chi connectivity index (χ1) is 60.0. The van der Waals surface area contributed by atoms with Gasteiger partial charge in [-0.2, -0.15) is 0 Å². The van der Waals surface area contributed by atoms with Crippen LogP contribution in [-0.2, 0) is 115 Å². The molecule has 7 aliphatic rings. The van der Waals surface area contributed by atoms with Crippen molar-refractivity contribution in [3.8, 4) is 11.8 Å². The van der Waals surface area contributed by atoms with Crippen LogP contribution >= 0.6 is 0 Å². The van der Waals surface area contributed by atoms with Gasteiger partial charge >= 0.3 is 0 Å². The third-order valence-electron chi connectivity index (χ3n) is 27.9. The standard InChI is InChI=1S/C97H131N9O19/c1-61(2)84(77(109)54-62(3)89(115)100-70-35-31-65-33-38-81-95(5,74(65)57-70)42-19-44-97(81,7)93(119)102-92(118)96(6)43-18-41-94(4)73-56-69(98)34-30-64(73)32-37-80(94)96)101-90(116)67(22-15-16-45-99-82(110)60-124-78-27-10-8-9-26-76-85(78)103-104-106(76)59-79-86(112)87(113)88(114)91(117)125-79)55-72(108)40-47-121-49-51-123-53-52-122-50-48-120-46-17-24-71(107)36-39-83(111)105-58-68-23-12-11-20-63(68)28-29-66-21-13-14-25-75(66)105/h11-14,20-21,23,25,30-31,34-35,56-57,61-62,67,78-81,84,86-88,91,112-114,117H,8-10,15-19,22,24,26-27,32-33,36-55,58-60,98H2,1-7H3,(H,99,110)(H,100,115)(H,101,116)(H,102,118,119)/t62-,67+,78?,79?,80-,81-,84+,86?,87?,88?,91?,94-,95-,96+,97+/m1/s1. The van der Waals surface area contributed by atoms with Crippen molar-refractivity contribution in [2.45, 2.75) is 276 Å². The van der Waals surface area contributed by atoms with Crippen molar-refractivity contribution in [3.63, 3.8) is 0 Å². The highest BCUT2D eigenvalue weighted by atomic mass is 16.6. The highest BCUT2D eigenvalue weighted by molar-refractivity contribution is 6.02. The lowest BCUT2D eigenvalue weighted by Crippen LogP contribution is -2.60. The first-order valence-corrected chi connectivity index (χ1v) is 45.5. The van der Waals surface area contributed by atoms with E-state index in [1.54, 1.807) is 11.8 Å². The summed E-state index contributed by atoms with van der Waals surface area (Å²) in [4.78, 5) is 129. The molecule has 15 atom stereocenters. The molecule has 12 rings (SSSR count). The van der Waals surface area contributed by atoms with Gasteiger partial charge in [0.2, 0.25) is 35.4 Å². The quantitative estimate of drug-likeness (QED) is 0.00760. The summed E-state index contributed by atoms with van der Waals surface area (Å²) in [6.07, 6.45) is 5.00. The summed E-state index contributed by atoms with van der Waals surface area (Å²) < 4.78 is 36.0. The number of hydrogen-bond acceptors (Lipinski definition) is 22. The molecule has 28 nitrogen and oxygen atoms in total. The van der Waals surface area contributed by atoms with Crippen molar-refractivity contribution < 1.29 is 92.0 Å². The van der Waals surface area contributed by atoms with Crippen molar-refractivity contribution in [1.29, 1.82) is 0 Å². The van der Waals surface area contributed by atoms with E-state index in [9.17, 15) is 63.6 Å². The van der Waals surface area contributed by atoms with Crippen LogP contribution in [0.25, 0.3) is 0 Å². The molecule has 2 saturated carbocycles. The van der Waals surface area contributed by atoms with Crippen LogP contribution in [0, 0.1) is 52.3 Å². The first-order valence-electron chi connectivity index (χ1n) is 45.5. The molecule has 125 heavy (non-hydrogen) atoms. The van der Waals surface area contributed by atoms with Crippen LogP contribution in [0.4, 0.5) is 17.1 Å². The molecule has 1 saturated heterocycles. The Balaban J connectivity index is 0.590. The minimum Gasteiger partial charge on any atom is -0.399 e.